The van der Waals surface area contributed by atoms with Crippen LogP contribution in [0.5, 0.6) is 5.75 Å². The maximum absolute atomic E-state index is 13.2. The van der Waals surface area contributed by atoms with Crippen LogP contribution in [0.2, 0.25) is 0 Å². The molecule has 1 nitrogen and oxygen atoms in total. The Morgan fingerprint density at radius 2 is 2.23 bits per heavy atom. The summed E-state index contributed by atoms with van der Waals surface area (Å²) in [5.74, 6) is 0.318. The molecular formula is C10H12BrFO. The fraction of sp³-hybridized carbons (Fsp3) is 0.400. The topological polar surface area (TPSA) is 9.23 Å². The molecular weight excluding hydrogens is 235 g/mol. The van der Waals surface area contributed by atoms with Crippen LogP contribution >= 0.6 is 15.9 Å². The maximum Gasteiger partial charge on any atom is 0.165 e. The lowest BCUT2D eigenvalue weighted by molar-refractivity contribution is 0.386. The van der Waals surface area contributed by atoms with Crippen molar-refractivity contribution in [1.29, 1.82) is 0 Å². The molecule has 0 radical (unpaired) electrons. The van der Waals surface area contributed by atoms with Crippen molar-refractivity contribution in [3.63, 3.8) is 0 Å². The van der Waals surface area contributed by atoms with Gasteiger partial charge in [0.1, 0.15) is 0 Å². The van der Waals surface area contributed by atoms with E-state index in [1.165, 1.54) is 13.2 Å². The first-order valence-corrected chi connectivity index (χ1v) is 5.20. The van der Waals surface area contributed by atoms with Gasteiger partial charge in [0.25, 0.3) is 0 Å². The van der Waals surface area contributed by atoms with Gasteiger partial charge in [-0.15, -0.1) is 0 Å². The van der Waals surface area contributed by atoms with Crippen molar-refractivity contribution < 1.29 is 9.13 Å². The minimum absolute atomic E-state index is 0.297. The minimum Gasteiger partial charge on any atom is -0.494 e. The van der Waals surface area contributed by atoms with E-state index in [0.29, 0.717) is 11.7 Å². The standard InChI is InChI=1S/C10H12BrFO/c1-7(6-11)8-3-4-10(13-2)9(12)5-8/h3-5,7H,6H2,1-2H3. The second-order valence-corrected chi connectivity index (χ2v) is 3.60. The van der Waals surface area contributed by atoms with Crippen molar-refractivity contribution in [2.24, 2.45) is 0 Å². The molecule has 0 aliphatic heterocycles. The van der Waals surface area contributed by atoms with Gasteiger partial charge in [0.15, 0.2) is 11.6 Å². The van der Waals surface area contributed by atoms with E-state index in [0.717, 1.165) is 10.9 Å². The highest BCUT2D eigenvalue weighted by Crippen LogP contribution is 2.23. The quantitative estimate of drug-likeness (QED) is 0.744. The van der Waals surface area contributed by atoms with Gasteiger partial charge in [0.05, 0.1) is 7.11 Å². The Labute approximate surface area is 86.0 Å². The molecule has 72 valence electrons. The first-order chi connectivity index (χ1) is 6.19. The second-order valence-electron chi connectivity index (χ2n) is 2.95. The summed E-state index contributed by atoms with van der Waals surface area (Å²) in [5, 5.41) is 0.832. The molecule has 0 saturated heterocycles. The third-order valence-corrected chi connectivity index (χ3v) is 2.95. The van der Waals surface area contributed by atoms with E-state index in [1.807, 2.05) is 13.0 Å². The summed E-state index contributed by atoms with van der Waals surface area (Å²) in [5.41, 5.74) is 0.982. The van der Waals surface area contributed by atoms with E-state index in [9.17, 15) is 4.39 Å². The molecule has 0 N–H and O–H groups in total. The van der Waals surface area contributed by atoms with Gasteiger partial charge in [0, 0.05) is 5.33 Å². The highest BCUT2D eigenvalue weighted by atomic mass is 79.9. The molecule has 0 fully saturated rings. The maximum atomic E-state index is 13.2. The van der Waals surface area contributed by atoms with Crippen molar-refractivity contribution >= 4 is 15.9 Å². The van der Waals surface area contributed by atoms with Crippen LogP contribution in [-0.4, -0.2) is 12.4 Å². The Morgan fingerprint density at radius 3 is 2.69 bits per heavy atom. The molecule has 1 atom stereocenters. The molecule has 0 spiro atoms. The molecule has 3 heteroatoms. The first kappa shape index (κ1) is 10.5. The highest BCUT2D eigenvalue weighted by Gasteiger charge is 2.07. The molecule has 1 aromatic carbocycles. The first-order valence-electron chi connectivity index (χ1n) is 4.08. The Morgan fingerprint density at radius 1 is 1.54 bits per heavy atom. The van der Waals surface area contributed by atoms with E-state index in [-0.39, 0.29) is 5.82 Å². The Balaban J connectivity index is 2.95. The molecule has 1 aromatic rings. The molecule has 13 heavy (non-hydrogen) atoms. The van der Waals surface area contributed by atoms with Crippen LogP contribution in [0.1, 0.15) is 18.4 Å². The molecule has 0 aliphatic rings. The Kier molecular flexibility index (Phi) is 3.72. The van der Waals surface area contributed by atoms with E-state index in [2.05, 4.69) is 15.9 Å². The number of benzene rings is 1. The number of hydrogen-bond acceptors (Lipinski definition) is 1. The number of rotatable bonds is 3. The molecule has 0 bridgehead atoms. The van der Waals surface area contributed by atoms with Crippen LogP contribution in [0.15, 0.2) is 18.2 Å². The van der Waals surface area contributed by atoms with Gasteiger partial charge < -0.3 is 4.74 Å². The lowest BCUT2D eigenvalue weighted by Gasteiger charge is -2.09. The fourth-order valence-electron chi connectivity index (χ4n) is 1.08. The van der Waals surface area contributed by atoms with Crippen LogP contribution in [0, 0.1) is 5.82 Å². The van der Waals surface area contributed by atoms with Crippen LogP contribution < -0.4 is 4.74 Å². The van der Waals surface area contributed by atoms with Crippen molar-refractivity contribution in [3.05, 3.63) is 29.6 Å². The monoisotopic (exact) mass is 246 g/mol. The van der Waals surface area contributed by atoms with Gasteiger partial charge in [0.2, 0.25) is 0 Å². The van der Waals surface area contributed by atoms with E-state index < -0.39 is 0 Å². The third-order valence-electron chi connectivity index (χ3n) is 1.98. The second kappa shape index (κ2) is 4.61. The summed E-state index contributed by atoms with van der Waals surface area (Å²) in [6, 6.07) is 5.06. The lowest BCUT2D eigenvalue weighted by Crippen LogP contribution is -1.96. The summed E-state index contributed by atoms with van der Waals surface area (Å²) in [7, 11) is 1.46. The van der Waals surface area contributed by atoms with Gasteiger partial charge in [-0.3, -0.25) is 0 Å². The fourth-order valence-corrected chi connectivity index (χ4v) is 1.45. The van der Waals surface area contributed by atoms with Crippen LogP contribution in [-0.2, 0) is 0 Å². The minimum atomic E-state index is -0.298. The predicted octanol–water partition coefficient (Wildman–Crippen LogP) is 3.33. The van der Waals surface area contributed by atoms with E-state index in [1.54, 1.807) is 6.07 Å². The number of alkyl halides is 1. The summed E-state index contributed by atoms with van der Waals surface area (Å²) < 4.78 is 18.0. The molecule has 1 rings (SSSR count). The zero-order chi connectivity index (χ0) is 9.84. The number of ether oxygens (including phenoxy) is 1. The van der Waals surface area contributed by atoms with E-state index in [4.69, 9.17) is 4.74 Å². The molecule has 0 saturated carbocycles. The predicted molar refractivity (Wildman–Crippen MR) is 55.2 cm³/mol. The van der Waals surface area contributed by atoms with Gasteiger partial charge in [-0.25, -0.2) is 4.39 Å². The third kappa shape index (κ3) is 2.44. The average Bonchev–Trinajstić information content (AvgIpc) is 2.16. The average molecular weight is 247 g/mol. The van der Waals surface area contributed by atoms with Crippen molar-refractivity contribution in [2.75, 3.05) is 12.4 Å². The normalized spacial score (nSPS) is 12.6. The highest BCUT2D eigenvalue weighted by molar-refractivity contribution is 9.09. The SMILES string of the molecule is COc1ccc(C(C)CBr)cc1F. The molecule has 1 unspecified atom stereocenters. The zero-order valence-corrected chi connectivity index (χ0v) is 9.27. The Hall–Kier alpha value is -0.570. The number of hydrogen-bond donors (Lipinski definition) is 0. The Bertz CT molecular complexity index is 288. The van der Waals surface area contributed by atoms with Crippen molar-refractivity contribution in [1.82, 2.24) is 0 Å². The van der Waals surface area contributed by atoms with E-state index >= 15 is 0 Å². The summed E-state index contributed by atoms with van der Waals surface area (Å²) in [6.45, 7) is 2.04. The summed E-state index contributed by atoms with van der Waals surface area (Å²) >= 11 is 3.36. The molecule has 0 heterocycles. The number of methoxy groups -OCH3 is 1. The zero-order valence-electron chi connectivity index (χ0n) is 7.68. The van der Waals surface area contributed by atoms with Crippen molar-refractivity contribution in [2.45, 2.75) is 12.8 Å². The lowest BCUT2D eigenvalue weighted by atomic mass is 10.0. The van der Waals surface area contributed by atoms with Crippen LogP contribution in [0.4, 0.5) is 4.39 Å². The largest absolute Gasteiger partial charge is 0.494 e. The number of halogens is 2. The smallest absolute Gasteiger partial charge is 0.165 e. The molecule has 0 amide bonds. The molecule has 0 aromatic heterocycles. The van der Waals surface area contributed by atoms with Crippen LogP contribution in [0.3, 0.4) is 0 Å². The van der Waals surface area contributed by atoms with Gasteiger partial charge in [-0.2, -0.15) is 0 Å². The molecule has 0 aliphatic carbocycles. The van der Waals surface area contributed by atoms with Gasteiger partial charge in [-0.1, -0.05) is 28.9 Å². The summed E-state index contributed by atoms with van der Waals surface area (Å²) in [6.07, 6.45) is 0. The van der Waals surface area contributed by atoms with Gasteiger partial charge in [-0.05, 0) is 23.6 Å². The van der Waals surface area contributed by atoms with Crippen LogP contribution in [0.25, 0.3) is 0 Å². The van der Waals surface area contributed by atoms with Gasteiger partial charge >= 0.3 is 0 Å². The summed E-state index contributed by atoms with van der Waals surface area (Å²) in [4.78, 5) is 0. The van der Waals surface area contributed by atoms with Crippen molar-refractivity contribution in [3.8, 4) is 5.75 Å².